The van der Waals surface area contributed by atoms with Crippen molar-refractivity contribution in [3.8, 4) is 0 Å². The molecule has 0 fully saturated rings. The van der Waals surface area contributed by atoms with Gasteiger partial charge in [-0.15, -0.1) is 0 Å². The number of hydrogen-bond acceptors (Lipinski definition) is 2. The molecule has 0 aliphatic heterocycles. The van der Waals surface area contributed by atoms with Crippen molar-refractivity contribution in [2.45, 2.75) is 47.1 Å². The predicted octanol–water partition coefficient (Wildman–Crippen LogP) is 3.75. The average Bonchev–Trinajstić information content (AvgIpc) is 2.37. The maximum Gasteiger partial charge on any atom is 0.0320 e. The molecule has 1 unspecified atom stereocenters. The van der Waals surface area contributed by atoms with Crippen LogP contribution in [0.4, 0.5) is 0 Å². The molecule has 0 aliphatic rings. The summed E-state index contributed by atoms with van der Waals surface area (Å²) in [6.45, 7) is 14.1. The van der Waals surface area contributed by atoms with Gasteiger partial charge in [0.1, 0.15) is 0 Å². The average molecular weight is 262 g/mol. The van der Waals surface area contributed by atoms with Crippen molar-refractivity contribution in [1.29, 1.82) is 0 Å². The van der Waals surface area contributed by atoms with E-state index < -0.39 is 0 Å². The molecule has 0 radical (unpaired) electrons. The first-order chi connectivity index (χ1) is 8.89. The van der Waals surface area contributed by atoms with Gasteiger partial charge in [0.2, 0.25) is 0 Å². The lowest BCUT2D eigenvalue weighted by atomic mass is 9.91. The standard InChI is InChI=1S/C17H30N2/c1-6-10-19(13-17(4,5)12-18)15(3)16-9-7-8-14(2)11-16/h7-9,11,15H,6,10,12-13,18H2,1-5H3. The molecule has 0 aliphatic carbocycles. The summed E-state index contributed by atoms with van der Waals surface area (Å²) < 4.78 is 0. The fourth-order valence-electron chi connectivity index (χ4n) is 2.45. The molecule has 0 heterocycles. The van der Waals surface area contributed by atoms with Gasteiger partial charge in [-0.1, -0.05) is 50.6 Å². The monoisotopic (exact) mass is 262 g/mol. The van der Waals surface area contributed by atoms with E-state index in [0.717, 1.165) is 19.6 Å². The van der Waals surface area contributed by atoms with E-state index >= 15 is 0 Å². The van der Waals surface area contributed by atoms with Gasteiger partial charge in [0.15, 0.2) is 0 Å². The molecule has 108 valence electrons. The van der Waals surface area contributed by atoms with Gasteiger partial charge in [0.25, 0.3) is 0 Å². The predicted molar refractivity (Wildman–Crippen MR) is 84.3 cm³/mol. The third-order valence-electron chi connectivity index (χ3n) is 3.77. The number of benzene rings is 1. The Labute approximate surface area is 119 Å². The molecule has 1 atom stereocenters. The molecule has 0 saturated heterocycles. The summed E-state index contributed by atoms with van der Waals surface area (Å²) in [4.78, 5) is 2.56. The van der Waals surface area contributed by atoms with Gasteiger partial charge in [0, 0.05) is 12.6 Å². The van der Waals surface area contributed by atoms with Gasteiger partial charge in [-0.3, -0.25) is 4.90 Å². The fourth-order valence-corrected chi connectivity index (χ4v) is 2.45. The van der Waals surface area contributed by atoms with Crippen molar-refractivity contribution < 1.29 is 0 Å². The van der Waals surface area contributed by atoms with E-state index in [2.05, 4.69) is 63.8 Å². The Kier molecular flexibility index (Phi) is 6.02. The minimum Gasteiger partial charge on any atom is -0.330 e. The van der Waals surface area contributed by atoms with Crippen molar-refractivity contribution in [1.82, 2.24) is 4.90 Å². The molecule has 1 aromatic carbocycles. The lowest BCUT2D eigenvalue weighted by Gasteiger charge is -2.36. The van der Waals surface area contributed by atoms with E-state index in [1.807, 2.05) is 0 Å². The minimum absolute atomic E-state index is 0.174. The number of rotatable bonds is 7. The second kappa shape index (κ2) is 7.06. The molecule has 0 amide bonds. The molecular weight excluding hydrogens is 232 g/mol. The fraction of sp³-hybridized carbons (Fsp3) is 0.647. The van der Waals surface area contributed by atoms with Gasteiger partial charge < -0.3 is 5.73 Å². The van der Waals surface area contributed by atoms with Crippen LogP contribution in [0, 0.1) is 12.3 Å². The van der Waals surface area contributed by atoms with E-state index in [1.54, 1.807) is 0 Å². The minimum atomic E-state index is 0.174. The number of hydrogen-bond donors (Lipinski definition) is 1. The Morgan fingerprint density at radius 2 is 2.00 bits per heavy atom. The van der Waals surface area contributed by atoms with Crippen LogP contribution in [0.2, 0.25) is 0 Å². The number of nitrogens with zero attached hydrogens (tertiary/aromatic N) is 1. The largest absolute Gasteiger partial charge is 0.330 e. The summed E-state index contributed by atoms with van der Waals surface area (Å²) in [7, 11) is 0. The Morgan fingerprint density at radius 3 is 2.53 bits per heavy atom. The van der Waals surface area contributed by atoms with Crippen molar-refractivity contribution >= 4 is 0 Å². The molecular formula is C17H30N2. The van der Waals surface area contributed by atoms with Crippen LogP contribution in [0.15, 0.2) is 24.3 Å². The number of aryl methyl sites for hydroxylation is 1. The van der Waals surface area contributed by atoms with E-state index in [0.29, 0.717) is 6.04 Å². The molecule has 2 N–H and O–H groups in total. The maximum atomic E-state index is 5.89. The highest BCUT2D eigenvalue weighted by atomic mass is 15.2. The van der Waals surface area contributed by atoms with E-state index in [-0.39, 0.29) is 5.41 Å². The zero-order valence-corrected chi connectivity index (χ0v) is 13.2. The van der Waals surface area contributed by atoms with Crippen molar-refractivity contribution in [3.05, 3.63) is 35.4 Å². The number of nitrogens with two attached hydrogens (primary N) is 1. The molecule has 1 aromatic rings. The molecule has 0 aromatic heterocycles. The van der Waals surface area contributed by atoms with Gasteiger partial charge in [0.05, 0.1) is 0 Å². The second-order valence-corrected chi connectivity index (χ2v) is 6.43. The highest BCUT2D eigenvalue weighted by Gasteiger charge is 2.23. The van der Waals surface area contributed by atoms with E-state index in [9.17, 15) is 0 Å². The van der Waals surface area contributed by atoms with Crippen LogP contribution in [-0.2, 0) is 0 Å². The molecule has 0 bridgehead atoms. The summed E-state index contributed by atoms with van der Waals surface area (Å²) in [6, 6.07) is 9.29. The van der Waals surface area contributed by atoms with Gasteiger partial charge >= 0.3 is 0 Å². The normalized spacial score (nSPS) is 13.8. The summed E-state index contributed by atoms with van der Waals surface area (Å²) >= 11 is 0. The topological polar surface area (TPSA) is 29.3 Å². The Morgan fingerprint density at radius 1 is 1.32 bits per heavy atom. The third kappa shape index (κ3) is 4.96. The molecule has 1 rings (SSSR count). The summed E-state index contributed by atoms with van der Waals surface area (Å²) in [5.41, 5.74) is 8.80. The van der Waals surface area contributed by atoms with Crippen LogP contribution in [0.5, 0.6) is 0 Å². The molecule has 0 saturated carbocycles. The van der Waals surface area contributed by atoms with Crippen LogP contribution in [-0.4, -0.2) is 24.5 Å². The first-order valence-corrected chi connectivity index (χ1v) is 7.40. The van der Waals surface area contributed by atoms with Crippen LogP contribution in [0.3, 0.4) is 0 Å². The lowest BCUT2D eigenvalue weighted by Crippen LogP contribution is -2.40. The maximum absolute atomic E-state index is 5.89. The smallest absolute Gasteiger partial charge is 0.0320 e. The molecule has 2 heteroatoms. The highest BCUT2D eigenvalue weighted by molar-refractivity contribution is 5.24. The van der Waals surface area contributed by atoms with Crippen molar-refractivity contribution in [2.24, 2.45) is 11.1 Å². The van der Waals surface area contributed by atoms with Gasteiger partial charge in [-0.2, -0.15) is 0 Å². The Hall–Kier alpha value is -0.860. The summed E-state index contributed by atoms with van der Waals surface area (Å²) in [5.74, 6) is 0. The zero-order valence-electron chi connectivity index (χ0n) is 13.2. The zero-order chi connectivity index (χ0) is 14.5. The first-order valence-electron chi connectivity index (χ1n) is 7.40. The second-order valence-electron chi connectivity index (χ2n) is 6.43. The molecule has 2 nitrogen and oxygen atoms in total. The lowest BCUT2D eigenvalue weighted by molar-refractivity contribution is 0.140. The van der Waals surface area contributed by atoms with E-state index in [4.69, 9.17) is 5.73 Å². The third-order valence-corrected chi connectivity index (χ3v) is 3.77. The van der Waals surface area contributed by atoms with Crippen LogP contribution in [0.25, 0.3) is 0 Å². The van der Waals surface area contributed by atoms with Crippen LogP contribution < -0.4 is 5.73 Å². The van der Waals surface area contributed by atoms with Crippen LogP contribution >= 0.6 is 0 Å². The van der Waals surface area contributed by atoms with Gasteiger partial charge in [-0.25, -0.2) is 0 Å². The SMILES string of the molecule is CCCN(CC(C)(C)CN)C(C)c1cccc(C)c1. The Bertz CT molecular complexity index is 385. The highest BCUT2D eigenvalue weighted by Crippen LogP contribution is 2.25. The van der Waals surface area contributed by atoms with Gasteiger partial charge in [-0.05, 0) is 44.3 Å². The molecule has 19 heavy (non-hydrogen) atoms. The first kappa shape index (κ1) is 16.2. The molecule has 0 spiro atoms. The summed E-state index contributed by atoms with van der Waals surface area (Å²) in [5, 5.41) is 0. The van der Waals surface area contributed by atoms with Crippen LogP contribution in [0.1, 0.15) is 51.3 Å². The quantitative estimate of drug-likeness (QED) is 0.811. The van der Waals surface area contributed by atoms with Crippen molar-refractivity contribution in [3.63, 3.8) is 0 Å². The van der Waals surface area contributed by atoms with Crippen molar-refractivity contribution in [2.75, 3.05) is 19.6 Å². The van der Waals surface area contributed by atoms with E-state index in [1.165, 1.54) is 17.5 Å². The summed E-state index contributed by atoms with van der Waals surface area (Å²) in [6.07, 6.45) is 1.18. The Balaban J connectivity index is 2.86.